The lowest BCUT2D eigenvalue weighted by Gasteiger charge is -2.41. The maximum Gasteiger partial charge on any atom is 0.115 e. The van der Waals surface area contributed by atoms with Crippen LogP contribution in [0.2, 0.25) is 0 Å². The molecule has 7 heteroatoms. The molecule has 0 radical (unpaired) electrons. The van der Waals surface area contributed by atoms with Gasteiger partial charge < -0.3 is 35.4 Å². The van der Waals surface area contributed by atoms with Crippen molar-refractivity contribution in [2.45, 2.75) is 36.6 Å². The van der Waals surface area contributed by atoms with E-state index in [1.807, 2.05) is 0 Å². The van der Waals surface area contributed by atoms with Crippen molar-refractivity contribution in [2.75, 3.05) is 13.2 Å². The van der Waals surface area contributed by atoms with Gasteiger partial charge in [-0.05, 0) is 0 Å². The molecule has 0 aliphatic heterocycles. The topological polar surface area (TPSA) is 131 Å². The van der Waals surface area contributed by atoms with Gasteiger partial charge in [-0.25, -0.2) is 0 Å². The number of aliphatic hydroxyl groups is 6. The molecule has 0 aromatic heterocycles. The largest absolute Gasteiger partial charge is 0.394 e. The fraction of sp³-hybridized carbons (Fsp3) is 1.00. The van der Waals surface area contributed by atoms with Crippen LogP contribution in [0.3, 0.4) is 0 Å². The lowest BCUT2D eigenvalue weighted by Crippen LogP contribution is -2.64. The summed E-state index contributed by atoms with van der Waals surface area (Å²) in [7, 11) is 0. The van der Waals surface area contributed by atoms with Gasteiger partial charge in [0, 0.05) is 0 Å². The number of rotatable bonds is 3. The minimum atomic E-state index is -1.62. The van der Waals surface area contributed by atoms with Crippen LogP contribution < -0.4 is 0 Å². The molecule has 4 unspecified atom stereocenters. The number of aliphatic hydroxyl groups excluding tert-OH is 6. The molecule has 1 aliphatic carbocycles. The molecule has 0 aromatic rings. The number of ether oxygens (including phenoxy) is 1. The van der Waals surface area contributed by atoms with Gasteiger partial charge in [0.25, 0.3) is 0 Å². The lowest BCUT2D eigenvalue weighted by atomic mass is 9.85. The molecule has 1 saturated carbocycles. The highest BCUT2D eigenvalue weighted by atomic mass is 16.5. The van der Waals surface area contributed by atoms with Crippen LogP contribution in [0.1, 0.15) is 0 Å². The van der Waals surface area contributed by atoms with Gasteiger partial charge in [-0.1, -0.05) is 0 Å². The smallest absolute Gasteiger partial charge is 0.115 e. The Morgan fingerprint density at radius 2 is 1.13 bits per heavy atom. The summed E-state index contributed by atoms with van der Waals surface area (Å²) in [5, 5.41) is 55.1. The Morgan fingerprint density at radius 1 is 0.733 bits per heavy atom. The second-order valence-electron chi connectivity index (χ2n) is 3.51. The molecule has 1 fully saturated rings. The second-order valence-corrected chi connectivity index (χ2v) is 3.51. The molecule has 15 heavy (non-hydrogen) atoms. The first-order valence-corrected chi connectivity index (χ1v) is 4.63. The van der Waals surface area contributed by atoms with Crippen molar-refractivity contribution >= 4 is 0 Å². The first-order chi connectivity index (χ1) is 7.00. The third-order valence-corrected chi connectivity index (χ3v) is 2.47. The Hall–Kier alpha value is -0.280. The highest BCUT2D eigenvalue weighted by Gasteiger charge is 2.48. The number of hydrogen-bond donors (Lipinski definition) is 6. The van der Waals surface area contributed by atoms with E-state index in [9.17, 15) is 25.5 Å². The summed E-state index contributed by atoms with van der Waals surface area (Å²) in [4.78, 5) is 0. The predicted molar refractivity (Wildman–Crippen MR) is 46.9 cm³/mol. The molecule has 0 amide bonds. The normalized spacial score (nSPS) is 46.8. The molecule has 0 heterocycles. The van der Waals surface area contributed by atoms with Crippen molar-refractivity contribution in [1.29, 1.82) is 0 Å². The van der Waals surface area contributed by atoms with Gasteiger partial charge in [-0.2, -0.15) is 0 Å². The summed E-state index contributed by atoms with van der Waals surface area (Å²) in [5.41, 5.74) is 0. The van der Waals surface area contributed by atoms with E-state index in [2.05, 4.69) is 0 Å². The standard InChI is InChI=1S/C8H16O7/c9-1-2-15-8-6(13)4(11)3(10)5(12)7(8)14/h3-14H,1-2H2. The quantitative estimate of drug-likeness (QED) is 0.289. The van der Waals surface area contributed by atoms with E-state index in [4.69, 9.17) is 9.84 Å². The Morgan fingerprint density at radius 3 is 1.53 bits per heavy atom. The SMILES string of the molecule is OCCOC1C(O)C(O)C(O)C(O)C1O. The maximum absolute atomic E-state index is 9.43. The fourth-order valence-electron chi connectivity index (χ4n) is 1.58. The van der Waals surface area contributed by atoms with E-state index >= 15 is 0 Å². The van der Waals surface area contributed by atoms with Gasteiger partial charge in [0.05, 0.1) is 13.2 Å². The average molecular weight is 224 g/mol. The zero-order valence-corrected chi connectivity index (χ0v) is 7.97. The summed E-state index contributed by atoms with van der Waals surface area (Å²) in [6.07, 6.45) is -9.05. The Bertz CT molecular complexity index is 183. The average Bonchev–Trinajstić information content (AvgIpc) is 2.24. The number of hydrogen-bond acceptors (Lipinski definition) is 7. The lowest BCUT2D eigenvalue weighted by molar-refractivity contribution is -0.236. The minimum Gasteiger partial charge on any atom is -0.394 e. The molecule has 90 valence electrons. The molecule has 0 saturated heterocycles. The van der Waals surface area contributed by atoms with E-state index in [1.165, 1.54) is 0 Å². The second kappa shape index (κ2) is 5.17. The van der Waals surface area contributed by atoms with Crippen LogP contribution in [0, 0.1) is 0 Å². The molecule has 0 spiro atoms. The summed E-state index contributed by atoms with van der Waals surface area (Å²) >= 11 is 0. The first-order valence-electron chi connectivity index (χ1n) is 4.63. The Labute approximate surface area is 86.2 Å². The molecular formula is C8H16O7. The molecule has 6 N–H and O–H groups in total. The van der Waals surface area contributed by atoms with E-state index in [-0.39, 0.29) is 13.2 Å². The van der Waals surface area contributed by atoms with Crippen LogP contribution in [0.25, 0.3) is 0 Å². The summed E-state index contributed by atoms with van der Waals surface area (Å²) in [5.74, 6) is 0. The van der Waals surface area contributed by atoms with Crippen LogP contribution in [-0.4, -0.2) is 80.5 Å². The van der Waals surface area contributed by atoms with Gasteiger partial charge in [0.1, 0.15) is 36.6 Å². The maximum atomic E-state index is 9.43. The monoisotopic (exact) mass is 224 g/mol. The highest BCUT2D eigenvalue weighted by molar-refractivity contribution is 4.99. The van der Waals surface area contributed by atoms with Crippen molar-refractivity contribution in [3.05, 3.63) is 0 Å². The Kier molecular flexibility index (Phi) is 4.41. The van der Waals surface area contributed by atoms with Crippen molar-refractivity contribution in [3.63, 3.8) is 0 Å². The van der Waals surface area contributed by atoms with Crippen molar-refractivity contribution in [3.8, 4) is 0 Å². The van der Waals surface area contributed by atoms with Crippen LogP contribution in [0.4, 0.5) is 0 Å². The Balaban J connectivity index is 2.68. The molecule has 0 aromatic carbocycles. The third-order valence-electron chi connectivity index (χ3n) is 2.47. The zero-order valence-electron chi connectivity index (χ0n) is 7.97. The summed E-state index contributed by atoms with van der Waals surface area (Å²) < 4.78 is 4.86. The van der Waals surface area contributed by atoms with E-state index in [0.29, 0.717) is 0 Å². The summed E-state index contributed by atoms with van der Waals surface area (Å²) in [6, 6.07) is 0. The third kappa shape index (κ3) is 2.45. The predicted octanol–water partition coefficient (Wildman–Crippen LogP) is -3.82. The van der Waals surface area contributed by atoms with Crippen molar-refractivity contribution < 1.29 is 35.4 Å². The van der Waals surface area contributed by atoms with Crippen LogP contribution in [0.5, 0.6) is 0 Å². The molecule has 0 bridgehead atoms. The van der Waals surface area contributed by atoms with Gasteiger partial charge in [-0.3, -0.25) is 0 Å². The molecule has 7 nitrogen and oxygen atoms in total. The van der Waals surface area contributed by atoms with E-state index in [1.54, 1.807) is 0 Å². The van der Waals surface area contributed by atoms with Crippen LogP contribution >= 0.6 is 0 Å². The van der Waals surface area contributed by atoms with Gasteiger partial charge in [0.2, 0.25) is 0 Å². The van der Waals surface area contributed by atoms with E-state index < -0.39 is 36.6 Å². The van der Waals surface area contributed by atoms with Crippen molar-refractivity contribution in [1.82, 2.24) is 0 Å². The van der Waals surface area contributed by atoms with Gasteiger partial charge in [0.15, 0.2) is 0 Å². The summed E-state index contributed by atoms with van der Waals surface area (Å²) in [6.45, 7) is -0.459. The molecule has 4 atom stereocenters. The molecule has 1 aliphatic rings. The van der Waals surface area contributed by atoms with Crippen molar-refractivity contribution in [2.24, 2.45) is 0 Å². The first kappa shape index (κ1) is 12.8. The zero-order chi connectivity index (χ0) is 11.6. The van der Waals surface area contributed by atoms with Crippen LogP contribution in [-0.2, 0) is 4.74 Å². The molecular weight excluding hydrogens is 208 g/mol. The van der Waals surface area contributed by atoms with Crippen LogP contribution in [0.15, 0.2) is 0 Å². The van der Waals surface area contributed by atoms with E-state index in [0.717, 1.165) is 0 Å². The fourth-order valence-corrected chi connectivity index (χ4v) is 1.58. The highest BCUT2D eigenvalue weighted by Crippen LogP contribution is 2.23. The minimum absolute atomic E-state index is 0.145. The molecule has 1 rings (SSSR count). The van der Waals surface area contributed by atoms with Gasteiger partial charge >= 0.3 is 0 Å². The van der Waals surface area contributed by atoms with Gasteiger partial charge in [-0.15, -0.1) is 0 Å².